The summed E-state index contributed by atoms with van der Waals surface area (Å²) < 4.78 is 31.3. The zero-order chi connectivity index (χ0) is 8.78. The summed E-state index contributed by atoms with van der Waals surface area (Å²) in [6.07, 6.45) is -1.83. The normalized spacial score (nSPS) is 7.83. The summed E-state index contributed by atoms with van der Waals surface area (Å²) >= 11 is -0.0525. The molecule has 0 aliphatic heterocycles. The van der Waals surface area contributed by atoms with Crippen LogP contribution in [0.2, 0.25) is 0 Å². The van der Waals surface area contributed by atoms with Gasteiger partial charge in [0.25, 0.3) is 0 Å². The fraction of sp³-hybridized carbons (Fsp3) is 0. The second kappa shape index (κ2) is 11.5. The van der Waals surface area contributed by atoms with Gasteiger partial charge in [-0.3, -0.25) is 0 Å². The third-order valence-electron chi connectivity index (χ3n) is 0.102. The topological polar surface area (TPSA) is 155 Å². The van der Waals surface area contributed by atoms with E-state index >= 15 is 0 Å². The number of carboxylic acid groups (broad SMARTS) is 2. The zero-order valence-corrected chi connectivity index (χ0v) is 10.8. The Morgan fingerprint density at radius 1 is 1.42 bits per heavy atom. The van der Waals surface area contributed by atoms with Crippen LogP contribution in [-0.2, 0) is 29.6 Å². The Labute approximate surface area is 95.0 Å². The molecule has 12 heavy (non-hydrogen) atoms. The minimum absolute atomic E-state index is 0. The summed E-state index contributed by atoms with van der Waals surface area (Å²) in [5.41, 5.74) is 0. The third kappa shape index (κ3) is 76.5. The smallest absolute Gasteiger partial charge is 1.00 e. The molecule has 0 unspecified atom stereocenters. The van der Waals surface area contributed by atoms with Crippen molar-refractivity contribution < 1.29 is 52.7 Å². The first-order valence-electron chi connectivity index (χ1n) is 1.52. The van der Waals surface area contributed by atoms with Gasteiger partial charge in [0.15, 0.2) is 0 Å². The predicted octanol–water partition coefficient (Wildman–Crippen LogP) is -2.06. The molecular weight excluding hydrogens is 443 g/mol. The van der Waals surface area contributed by atoms with Crippen LogP contribution >= 0.6 is 0 Å². The first-order chi connectivity index (χ1) is 4.29. The third-order valence-corrected chi connectivity index (χ3v) is 2.69. The molecule has 0 aromatic heterocycles. The van der Waals surface area contributed by atoms with Crippen LogP contribution in [0.1, 0.15) is 0 Å². The van der Waals surface area contributed by atoms with Crippen molar-refractivity contribution in [2.75, 3.05) is 0 Å². The average molecular weight is 447 g/mol. The van der Waals surface area contributed by atoms with E-state index in [-0.39, 0.29) is 48.8 Å². The summed E-state index contributed by atoms with van der Waals surface area (Å²) in [4.78, 5) is 8.56. The SMILES string of the molecule is O.O=C(O)O.O=S(=O)([O-])[O][Pb].[Cu+]. The predicted molar refractivity (Wildman–Crippen MR) is 30.8 cm³/mol. The van der Waals surface area contributed by atoms with Crippen LogP contribution in [0.3, 0.4) is 0 Å². The Bertz CT molecular complexity index is 181. The van der Waals surface area contributed by atoms with Gasteiger partial charge in [0.05, 0.1) is 0 Å². The zero-order valence-electron chi connectivity index (χ0n) is 5.15. The van der Waals surface area contributed by atoms with Gasteiger partial charge in [-0.1, -0.05) is 0 Å². The molecule has 77 valence electrons. The molecule has 0 bridgehead atoms. The molecule has 0 saturated heterocycles. The molecule has 3 radical (unpaired) electrons. The second-order valence-electron chi connectivity index (χ2n) is 0.774. The molecule has 8 nitrogen and oxygen atoms in total. The number of rotatable bonds is 1. The summed E-state index contributed by atoms with van der Waals surface area (Å²) in [6.45, 7) is 0. The summed E-state index contributed by atoms with van der Waals surface area (Å²) in [7, 11) is -4.35. The van der Waals surface area contributed by atoms with Crippen molar-refractivity contribution in [3.8, 4) is 0 Å². The van der Waals surface area contributed by atoms with Gasteiger partial charge in [-0.2, -0.15) is 0 Å². The molecule has 0 fully saturated rings. The van der Waals surface area contributed by atoms with Crippen LogP contribution in [0, 0.1) is 0 Å². The van der Waals surface area contributed by atoms with Crippen molar-refractivity contribution in [1.82, 2.24) is 0 Å². The first kappa shape index (κ1) is 22.9. The summed E-state index contributed by atoms with van der Waals surface area (Å²) in [5, 5.41) is 13.9. The number of carbonyl (C=O) groups is 1. The Morgan fingerprint density at radius 3 is 1.50 bits per heavy atom. The van der Waals surface area contributed by atoms with Crippen molar-refractivity contribution in [2.45, 2.75) is 0 Å². The van der Waals surface area contributed by atoms with E-state index < -0.39 is 16.6 Å². The van der Waals surface area contributed by atoms with E-state index in [1.165, 1.54) is 0 Å². The summed E-state index contributed by atoms with van der Waals surface area (Å²) in [5.74, 6) is 0. The average Bonchev–Trinajstić information content (AvgIpc) is 1.63. The first-order valence-corrected chi connectivity index (χ1v) is 4.44. The van der Waals surface area contributed by atoms with Crippen LogP contribution in [0.25, 0.3) is 0 Å². The Kier molecular flexibility index (Phi) is 22.0. The molecule has 0 spiro atoms. The fourth-order valence-electron chi connectivity index (χ4n) is 0. The molecule has 0 aromatic carbocycles. The van der Waals surface area contributed by atoms with E-state index in [1.807, 2.05) is 0 Å². The van der Waals surface area contributed by atoms with E-state index in [9.17, 15) is 13.0 Å². The molecule has 0 saturated carbocycles. The Hall–Kier alpha value is 0.542. The molecule has 0 heterocycles. The van der Waals surface area contributed by atoms with Crippen molar-refractivity contribution >= 4 is 42.8 Å². The van der Waals surface area contributed by atoms with Gasteiger partial charge in [0.1, 0.15) is 0 Å². The molecule has 11 heteroatoms. The fourth-order valence-corrected chi connectivity index (χ4v) is 0. The molecule has 4 N–H and O–H groups in total. The molecule has 0 amide bonds. The Morgan fingerprint density at radius 2 is 1.50 bits per heavy atom. The van der Waals surface area contributed by atoms with Gasteiger partial charge in [-0.25, -0.2) is 4.79 Å². The Balaban J connectivity index is -0.0000000483. The van der Waals surface area contributed by atoms with Crippen LogP contribution < -0.4 is 0 Å². The van der Waals surface area contributed by atoms with Gasteiger partial charge in [0.2, 0.25) is 0 Å². The maximum atomic E-state index is 9.26. The van der Waals surface area contributed by atoms with Gasteiger partial charge >= 0.3 is 74.9 Å². The van der Waals surface area contributed by atoms with E-state index in [2.05, 4.69) is 2.13 Å². The standard InChI is InChI=1S/CH2O3.Cu.H2O4S.H2O.Pb/c2-1(3)4;;1-5(2,3)4;;/h(H2,2,3,4);;(H2,1,2,3,4);1H2;/q;+1;;;+1/p-2. The second-order valence-corrected chi connectivity index (χ2v) is 3.70. The van der Waals surface area contributed by atoms with Crippen molar-refractivity contribution in [3.05, 3.63) is 0 Å². The molecule has 0 aliphatic rings. The maximum Gasteiger partial charge on any atom is 1.00 e. The minimum atomic E-state index is -4.35. The van der Waals surface area contributed by atoms with Crippen molar-refractivity contribution in [1.29, 1.82) is 0 Å². The van der Waals surface area contributed by atoms with E-state index in [1.54, 1.807) is 0 Å². The largest absolute Gasteiger partial charge is 1.00 e. The van der Waals surface area contributed by atoms with Gasteiger partial charge in [-0.15, -0.1) is 0 Å². The van der Waals surface area contributed by atoms with Crippen LogP contribution in [-0.4, -0.2) is 61.0 Å². The quantitative estimate of drug-likeness (QED) is 0.266. The number of hydrogen-bond donors (Lipinski definition) is 2. The maximum absolute atomic E-state index is 9.26. The van der Waals surface area contributed by atoms with E-state index in [0.717, 1.165) is 0 Å². The van der Waals surface area contributed by atoms with Gasteiger partial charge in [0, 0.05) is 0 Å². The monoisotopic (exact) mass is 447 g/mol. The van der Waals surface area contributed by atoms with E-state index in [4.69, 9.17) is 15.0 Å². The molecular formula is CH4CuO8PbS. The van der Waals surface area contributed by atoms with Crippen LogP contribution in [0.15, 0.2) is 0 Å². The number of hydrogen-bond acceptors (Lipinski definition) is 5. The molecule has 0 aliphatic carbocycles. The molecule has 0 atom stereocenters. The summed E-state index contributed by atoms with van der Waals surface area (Å²) in [6, 6.07) is 0. The van der Waals surface area contributed by atoms with Crippen molar-refractivity contribution in [3.63, 3.8) is 0 Å². The van der Waals surface area contributed by atoms with Gasteiger partial charge < -0.3 is 15.7 Å². The molecule has 0 rings (SSSR count). The van der Waals surface area contributed by atoms with E-state index in [0.29, 0.717) is 0 Å². The minimum Gasteiger partial charge on any atom is 1.00 e. The van der Waals surface area contributed by atoms with Crippen LogP contribution in [0.4, 0.5) is 4.79 Å². The van der Waals surface area contributed by atoms with Crippen molar-refractivity contribution in [2.24, 2.45) is 0 Å². The van der Waals surface area contributed by atoms with Gasteiger partial charge in [-0.05, 0) is 0 Å². The molecule has 0 aromatic rings. The van der Waals surface area contributed by atoms with Crippen LogP contribution in [0.5, 0.6) is 0 Å².